The smallest absolute Gasteiger partial charge is 0.0756 e. The maximum atomic E-state index is 4.75. The molecule has 1 heterocycles. The van der Waals surface area contributed by atoms with Crippen LogP contribution in [0.15, 0.2) is 60.7 Å². The first-order chi connectivity index (χ1) is 10.2. The van der Waals surface area contributed by atoms with Crippen LogP contribution >= 0.6 is 0 Å². The van der Waals surface area contributed by atoms with Crippen LogP contribution in [0.5, 0.6) is 0 Å². The molecule has 0 radical (unpaired) electrons. The summed E-state index contributed by atoms with van der Waals surface area (Å²) in [7, 11) is 0. The molecule has 0 amide bonds. The van der Waals surface area contributed by atoms with Gasteiger partial charge in [-0.15, -0.1) is 0 Å². The van der Waals surface area contributed by atoms with Gasteiger partial charge in [-0.2, -0.15) is 5.10 Å². The molecule has 2 aliphatic carbocycles. The summed E-state index contributed by atoms with van der Waals surface area (Å²) in [5.41, 5.74) is 7.15. The van der Waals surface area contributed by atoms with Crippen LogP contribution in [0.3, 0.4) is 0 Å². The molecule has 4 rings (SSSR count). The van der Waals surface area contributed by atoms with Crippen LogP contribution in [0.1, 0.15) is 11.3 Å². The predicted molar refractivity (Wildman–Crippen MR) is 87.2 cm³/mol. The molecule has 2 nitrogen and oxygen atoms in total. The van der Waals surface area contributed by atoms with Crippen LogP contribution in [-0.2, 0) is 0 Å². The van der Waals surface area contributed by atoms with E-state index in [1.54, 1.807) is 0 Å². The second-order valence-corrected chi connectivity index (χ2v) is 5.52. The van der Waals surface area contributed by atoms with Gasteiger partial charge < -0.3 is 0 Å². The van der Waals surface area contributed by atoms with Crippen molar-refractivity contribution in [3.8, 4) is 16.8 Å². The molecule has 102 valence electrons. The largest absolute Gasteiger partial charge is 0.233 e. The minimum Gasteiger partial charge on any atom is -0.233 e. The Hall–Kier alpha value is -2.61. The maximum absolute atomic E-state index is 4.75. The minimum atomic E-state index is 1.08. The minimum absolute atomic E-state index is 1.08. The van der Waals surface area contributed by atoms with E-state index in [2.05, 4.69) is 79.2 Å². The first kappa shape index (κ1) is 12.2. The molecule has 0 saturated carbocycles. The fourth-order valence-corrected chi connectivity index (χ4v) is 3.03. The van der Waals surface area contributed by atoms with Crippen LogP contribution in [0.25, 0.3) is 27.7 Å². The summed E-state index contributed by atoms with van der Waals surface area (Å²) in [6.45, 7) is 4.19. The van der Waals surface area contributed by atoms with Crippen molar-refractivity contribution in [1.82, 2.24) is 9.78 Å². The van der Waals surface area contributed by atoms with E-state index in [0.717, 1.165) is 11.4 Å². The van der Waals surface area contributed by atoms with E-state index in [-0.39, 0.29) is 0 Å². The Bertz CT molecular complexity index is 918. The van der Waals surface area contributed by atoms with Gasteiger partial charge in [0.05, 0.1) is 16.9 Å². The average Bonchev–Trinajstić information content (AvgIpc) is 2.88. The Kier molecular flexibility index (Phi) is 2.58. The van der Waals surface area contributed by atoms with E-state index in [0.29, 0.717) is 0 Å². The van der Waals surface area contributed by atoms with Crippen molar-refractivity contribution in [2.24, 2.45) is 0 Å². The van der Waals surface area contributed by atoms with E-state index >= 15 is 0 Å². The summed E-state index contributed by atoms with van der Waals surface area (Å²) < 4.78 is 2.05. The van der Waals surface area contributed by atoms with Crippen molar-refractivity contribution in [2.45, 2.75) is 13.8 Å². The standard InChI is InChI=1S/C19H16N2/c1-13-7-6-9-16(11-13)21-18-12-15-8-4-3-5-10-17(15)19(18)14(2)20-21/h3-12H,1-2H3. The number of hydrogen-bond donors (Lipinski definition) is 0. The number of hydrogen-bond acceptors (Lipinski definition) is 1. The van der Waals surface area contributed by atoms with Gasteiger partial charge in [-0.1, -0.05) is 42.5 Å². The predicted octanol–water partition coefficient (Wildman–Crippen LogP) is 4.75. The zero-order valence-electron chi connectivity index (χ0n) is 12.2. The van der Waals surface area contributed by atoms with Gasteiger partial charge in [-0.25, -0.2) is 4.68 Å². The highest BCUT2D eigenvalue weighted by Crippen LogP contribution is 2.36. The highest BCUT2D eigenvalue weighted by molar-refractivity contribution is 6.02. The summed E-state index contributed by atoms with van der Waals surface area (Å²) in [6.07, 6.45) is 0. The number of nitrogens with zero attached hydrogens (tertiary/aromatic N) is 2. The molecule has 2 aliphatic rings. The second kappa shape index (κ2) is 4.45. The van der Waals surface area contributed by atoms with Crippen molar-refractivity contribution >= 4 is 10.9 Å². The van der Waals surface area contributed by atoms with E-state index in [1.807, 2.05) is 0 Å². The molecule has 1 aromatic carbocycles. The summed E-state index contributed by atoms with van der Waals surface area (Å²) in [5.74, 6) is 0. The summed E-state index contributed by atoms with van der Waals surface area (Å²) in [6, 6.07) is 21.3. The normalized spacial score (nSPS) is 11.3. The van der Waals surface area contributed by atoms with Crippen LogP contribution in [-0.4, -0.2) is 9.78 Å². The zero-order valence-corrected chi connectivity index (χ0v) is 12.2. The molecular formula is C19H16N2. The molecule has 0 unspecified atom stereocenters. The zero-order chi connectivity index (χ0) is 14.4. The van der Waals surface area contributed by atoms with Crippen molar-refractivity contribution < 1.29 is 0 Å². The summed E-state index contributed by atoms with van der Waals surface area (Å²) in [5, 5.41) is 6.00. The van der Waals surface area contributed by atoms with Crippen molar-refractivity contribution in [3.05, 3.63) is 71.9 Å². The monoisotopic (exact) mass is 272 g/mol. The van der Waals surface area contributed by atoms with Gasteiger partial charge in [0.15, 0.2) is 0 Å². The third-order valence-electron chi connectivity index (χ3n) is 3.98. The number of fused-ring (bicyclic) bond motifs is 3. The first-order valence-electron chi connectivity index (χ1n) is 7.18. The van der Waals surface area contributed by atoms with Crippen LogP contribution in [0.4, 0.5) is 0 Å². The van der Waals surface area contributed by atoms with E-state index in [4.69, 9.17) is 5.10 Å². The molecule has 0 saturated heterocycles. The van der Waals surface area contributed by atoms with Gasteiger partial charge in [0.1, 0.15) is 0 Å². The molecule has 1 aromatic heterocycles. The van der Waals surface area contributed by atoms with Gasteiger partial charge in [0, 0.05) is 5.39 Å². The Labute approximate surface area is 124 Å². The Balaban J connectivity index is 2.08. The summed E-state index contributed by atoms with van der Waals surface area (Å²) in [4.78, 5) is 0. The molecule has 21 heavy (non-hydrogen) atoms. The first-order valence-corrected chi connectivity index (χ1v) is 7.18. The number of aryl methyl sites for hydroxylation is 2. The molecule has 0 spiro atoms. The molecule has 0 N–H and O–H groups in total. The molecule has 0 aliphatic heterocycles. The SMILES string of the molecule is Cc1cccc(-n2nc(C)c3c4cccccc-4cc32)c1. The van der Waals surface area contributed by atoms with Crippen LogP contribution in [0.2, 0.25) is 0 Å². The van der Waals surface area contributed by atoms with Crippen molar-refractivity contribution in [1.29, 1.82) is 0 Å². The Morgan fingerprint density at radius 2 is 1.71 bits per heavy atom. The van der Waals surface area contributed by atoms with E-state index in [1.165, 1.54) is 27.6 Å². The van der Waals surface area contributed by atoms with Gasteiger partial charge >= 0.3 is 0 Å². The second-order valence-electron chi connectivity index (χ2n) is 5.52. The molecule has 2 aromatic rings. The third-order valence-corrected chi connectivity index (χ3v) is 3.98. The number of rotatable bonds is 1. The molecule has 0 fully saturated rings. The molecular weight excluding hydrogens is 256 g/mol. The molecule has 2 heteroatoms. The van der Waals surface area contributed by atoms with Crippen molar-refractivity contribution in [2.75, 3.05) is 0 Å². The lowest BCUT2D eigenvalue weighted by molar-refractivity contribution is 0.887. The topological polar surface area (TPSA) is 17.8 Å². The van der Waals surface area contributed by atoms with Crippen LogP contribution < -0.4 is 0 Å². The maximum Gasteiger partial charge on any atom is 0.0756 e. The number of aromatic nitrogens is 2. The lowest BCUT2D eigenvalue weighted by atomic mass is 10.1. The Morgan fingerprint density at radius 1 is 0.857 bits per heavy atom. The lowest BCUT2D eigenvalue weighted by Crippen LogP contribution is -1.96. The van der Waals surface area contributed by atoms with Crippen LogP contribution in [0, 0.1) is 13.8 Å². The van der Waals surface area contributed by atoms with E-state index < -0.39 is 0 Å². The third kappa shape index (κ3) is 1.83. The summed E-state index contributed by atoms with van der Waals surface area (Å²) >= 11 is 0. The van der Waals surface area contributed by atoms with Gasteiger partial charge in [0.2, 0.25) is 0 Å². The average molecular weight is 272 g/mol. The van der Waals surface area contributed by atoms with Crippen molar-refractivity contribution in [3.63, 3.8) is 0 Å². The fourth-order valence-electron chi connectivity index (χ4n) is 3.03. The van der Waals surface area contributed by atoms with E-state index in [9.17, 15) is 0 Å². The lowest BCUT2D eigenvalue weighted by Gasteiger charge is -2.03. The highest BCUT2D eigenvalue weighted by Gasteiger charge is 2.17. The Morgan fingerprint density at radius 3 is 2.57 bits per heavy atom. The highest BCUT2D eigenvalue weighted by atomic mass is 15.3. The number of benzene rings is 1. The van der Waals surface area contributed by atoms with Gasteiger partial charge in [-0.05, 0) is 48.7 Å². The molecule has 0 atom stereocenters. The quantitative estimate of drug-likeness (QED) is 0.489. The van der Waals surface area contributed by atoms with Gasteiger partial charge in [-0.3, -0.25) is 0 Å². The fraction of sp³-hybridized carbons (Fsp3) is 0.105. The van der Waals surface area contributed by atoms with Gasteiger partial charge in [0.25, 0.3) is 0 Å². The molecule has 0 bridgehead atoms.